The Labute approximate surface area is 290 Å². The lowest BCUT2D eigenvalue weighted by molar-refractivity contribution is -0.198. The highest BCUT2D eigenvalue weighted by Gasteiger charge is 2.45. The Morgan fingerprint density at radius 3 is 2.39 bits per heavy atom. The van der Waals surface area contributed by atoms with Crippen LogP contribution in [0, 0.1) is 18.8 Å². The van der Waals surface area contributed by atoms with Crippen LogP contribution in [0.3, 0.4) is 0 Å². The van der Waals surface area contributed by atoms with E-state index in [0.29, 0.717) is 42.1 Å². The summed E-state index contributed by atoms with van der Waals surface area (Å²) in [4.78, 5) is 70.6. The Morgan fingerprint density at radius 2 is 1.80 bits per heavy atom. The molecule has 0 aromatic heterocycles. The molecule has 0 radical (unpaired) electrons. The number of anilines is 1. The number of methoxy groups -OCH3 is 1. The van der Waals surface area contributed by atoms with E-state index in [-0.39, 0.29) is 67.9 Å². The predicted molar refractivity (Wildman–Crippen MR) is 184 cm³/mol. The molecule has 1 aromatic carbocycles. The number of hydrogen-bond donors (Lipinski definition) is 1. The fourth-order valence-corrected chi connectivity index (χ4v) is 6.15. The van der Waals surface area contributed by atoms with E-state index in [1.54, 1.807) is 44.7 Å². The lowest BCUT2D eigenvalue weighted by Crippen LogP contribution is -2.58. The smallest absolute Gasteiger partial charge is 0.323 e. The molecule has 13 heteroatoms. The number of carbonyl (C=O) groups is 5. The SMILES string of the molecule is CCC(=O)NCCN1C(=O)[C@](C)(COC)Oc2cc(C)c(C(=O)N(C(C)C)[C@@H]3CCCN(CC(=O)OC(OC(=O)C(C)C)C(C)C)C3)cc21. The van der Waals surface area contributed by atoms with Crippen LogP contribution in [0.25, 0.3) is 0 Å². The van der Waals surface area contributed by atoms with Crippen LogP contribution in [0.2, 0.25) is 0 Å². The van der Waals surface area contributed by atoms with Gasteiger partial charge in [0.2, 0.25) is 17.8 Å². The molecule has 2 heterocycles. The Hall–Kier alpha value is -3.71. The van der Waals surface area contributed by atoms with Crippen molar-refractivity contribution in [1.29, 1.82) is 0 Å². The monoisotopic (exact) mass is 688 g/mol. The van der Waals surface area contributed by atoms with Crippen LogP contribution in [-0.4, -0.2) is 110 Å². The van der Waals surface area contributed by atoms with Crippen molar-refractivity contribution >= 4 is 35.3 Å². The van der Waals surface area contributed by atoms with Gasteiger partial charge in [0.15, 0.2) is 0 Å². The summed E-state index contributed by atoms with van der Waals surface area (Å²) in [5.74, 6) is -1.68. The number of piperidine rings is 1. The minimum absolute atomic E-state index is 0.000168. The molecule has 13 nitrogen and oxygen atoms in total. The quantitative estimate of drug-likeness (QED) is 0.214. The highest BCUT2D eigenvalue weighted by Crippen LogP contribution is 2.40. The molecule has 1 unspecified atom stereocenters. The van der Waals surface area contributed by atoms with Crippen molar-refractivity contribution in [2.75, 3.05) is 51.3 Å². The Morgan fingerprint density at radius 1 is 1.10 bits per heavy atom. The topological polar surface area (TPSA) is 144 Å². The molecule has 49 heavy (non-hydrogen) atoms. The van der Waals surface area contributed by atoms with Crippen molar-refractivity contribution in [2.45, 2.75) is 106 Å². The van der Waals surface area contributed by atoms with Gasteiger partial charge in [-0.05, 0) is 64.8 Å². The van der Waals surface area contributed by atoms with Crippen molar-refractivity contribution < 1.29 is 42.9 Å². The molecule has 1 saturated heterocycles. The number of hydrogen-bond acceptors (Lipinski definition) is 10. The van der Waals surface area contributed by atoms with Crippen LogP contribution < -0.4 is 15.0 Å². The number of benzene rings is 1. The van der Waals surface area contributed by atoms with E-state index in [1.165, 1.54) is 7.11 Å². The van der Waals surface area contributed by atoms with Gasteiger partial charge in [-0.25, -0.2) is 0 Å². The van der Waals surface area contributed by atoms with Gasteiger partial charge in [-0.1, -0.05) is 34.6 Å². The van der Waals surface area contributed by atoms with Gasteiger partial charge in [0, 0.05) is 56.7 Å². The lowest BCUT2D eigenvalue weighted by atomic mass is 9.97. The number of likely N-dealkylation sites (tertiary alicyclic amines) is 1. The molecule has 0 aliphatic carbocycles. The fraction of sp³-hybridized carbons (Fsp3) is 0.694. The van der Waals surface area contributed by atoms with Crippen molar-refractivity contribution in [3.63, 3.8) is 0 Å². The van der Waals surface area contributed by atoms with Gasteiger partial charge in [0.05, 0.1) is 24.8 Å². The third-order valence-electron chi connectivity index (χ3n) is 8.77. The first-order chi connectivity index (χ1) is 23.0. The van der Waals surface area contributed by atoms with E-state index in [1.807, 2.05) is 44.4 Å². The van der Waals surface area contributed by atoms with Crippen molar-refractivity contribution in [3.8, 4) is 5.75 Å². The molecule has 3 atom stereocenters. The third-order valence-corrected chi connectivity index (χ3v) is 8.77. The van der Waals surface area contributed by atoms with Crippen molar-refractivity contribution in [3.05, 3.63) is 23.3 Å². The average Bonchev–Trinajstić information content (AvgIpc) is 3.02. The molecular formula is C36H56N4O9. The number of carbonyl (C=O) groups excluding carboxylic acids is 5. The van der Waals surface area contributed by atoms with Crippen LogP contribution in [-0.2, 0) is 33.4 Å². The number of aryl methyl sites for hydroxylation is 1. The standard InChI is InChI=1S/C36H56N4O9/c1-11-30(41)37-14-16-39-28-18-27(25(8)17-29(28)49-36(9,21-46-10)35(39)45)32(43)40(24(6)7)26-13-12-15-38(19-26)20-31(42)47-34(23(4)5)48-33(44)22(2)3/h17-18,22-24,26,34H,11-16,19-21H2,1-10H3,(H,37,41)/t26-,34?,36+/m1/s1. The predicted octanol–water partition coefficient (Wildman–Crippen LogP) is 3.69. The van der Waals surface area contributed by atoms with E-state index in [9.17, 15) is 24.0 Å². The second-order valence-electron chi connectivity index (χ2n) is 14.1. The average molecular weight is 689 g/mol. The van der Waals surface area contributed by atoms with E-state index >= 15 is 0 Å². The molecule has 1 aromatic rings. The summed E-state index contributed by atoms with van der Waals surface area (Å²) in [5.41, 5.74) is 0.295. The molecule has 0 bridgehead atoms. The molecule has 274 valence electrons. The maximum atomic E-state index is 14.4. The minimum Gasteiger partial charge on any atom is -0.473 e. The number of fused-ring (bicyclic) bond motifs is 1. The summed E-state index contributed by atoms with van der Waals surface area (Å²) in [7, 11) is 1.50. The second-order valence-corrected chi connectivity index (χ2v) is 14.1. The molecule has 0 saturated carbocycles. The minimum atomic E-state index is -1.28. The molecule has 0 spiro atoms. The van der Waals surface area contributed by atoms with Gasteiger partial charge < -0.3 is 34.1 Å². The van der Waals surface area contributed by atoms with Crippen LogP contribution in [0.15, 0.2) is 12.1 Å². The molecule has 1 fully saturated rings. The Balaban J connectivity index is 1.84. The summed E-state index contributed by atoms with van der Waals surface area (Å²) in [6, 6.07) is 3.13. The summed E-state index contributed by atoms with van der Waals surface area (Å²) < 4.78 is 22.5. The zero-order chi connectivity index (χ0) is 36.6. The molecule has 3 amide bonds. The lowest BCUT2D eigenvalue weighted by Gasteiger charge is -2.42. The normalized spacial score (nSPS) is 20.1. The van der Waals surface area contributed by atoms with Crippen LogP contribution in [0.4, 0.5) is 5.69 Å². The second kappa shape index (κ2) is 17.3. The first-order valence-corrected chi connectivity index (χ1v) is 17.4. The summed E-state index contributed by atoms with van der Waals surface area (Å²) in [6.07, 6.45) is 0.865. The maximum Gasteiger partial charge on any atom is 0.323 e. The zero-order valence-corrected chi connectivity index (χ0v) is 30.9. The van der Waals surface area contributed by atoms with Gasteiger partial charge in [-0.2, -0.15) is 0 Å². The number of amides is 3. The van der Waals surface area contributed by atoms with Gasteiger partial charge in [-0.15, -0.1) is 0 Å². The Bertz CT molecular complexity index is 1360. The third kappa shape index (κ3) is 9.94. The Kier molecular flexibility index (Phi) is 14.0. The number of ether oxygens (including phenoxy) is 4. The van der Waals surface area contributed by atoms with E-state index in [2.05, 4.69) is 5.32 Å². The van der Waals surface area contributed by atoms with Crippen molar-refractivity contribution in [1.82, 2.24) is 15.1 Å². The highest BCUT2D eigenvalue weighted by atomic mass is 16.7. The molecular weight excluding hydrogens is 632 g/mol. The summed E-state index contributed by atoms with van der Waals surface area (Å²) in [6.45, 7) is 17.8. The molecule has 2 aliphatic rings. The zero-order valence-electron chi connectivity index (χ0n) is 30.9. The van der Waals surface area contributed by atoms with Crippen LogP contribution in [0.1, 0.15) is 90.6 Å². The number of nitrogens with zero attached hydrogens (tertiary/aromatic N) is 3. The highest BCUT2D eigenvalue weighted by molar-refractivity contribution is 6.05. The summed E-state index contributed by atoms with van der Waals surface area (Å²) >= 11 is 0. The van der Waals surface area contributed by atoms with Crippen LogP contribution >= 0.6 is 0 Å². The van der Waals surface area contributed by atoms with Crippen molar-refractivity contribution in [2.24, 2.45) is 11.8 Å². The van der Waals surface area contributed by atoms with Gasteiger partial charge in [-0.3, -0.25) is 28.9 Å². The van der Waals surface area contributed by atoms with Gasteiger partial charge >= 0.3 is 11.9 Å². The first-order valence-electron chi connectivity index (χ1n) is 17.4. The number of rotatable bonds is 15. The molecule has 3 rings (SSSR count). The molecule has 2 aliphatic heterocycles. The van der Waals surface area contributed by atoms with Gasteiger partial charge in [0.25, 0.3) is 11.8 Å². The fourth-order valence-electron chi connectivity index (χ4n) is 6.15. The number of esters is 2. The van der Waals surface area contributed by atoms with E-state index < -0.39 is 23.8 Å². The molecule has 1 N–H and O–H groups in total. The van der Waals surface area contributed by atoms with Gasteiger partial charge in [0.1, 0.15) is 5.75 Å². The number of nitrogens with one attached hydrogen (secondary N) is 1. The first kappa shape index (κ1) is 39.7. The maximum absolute atomic E-state index is 14.4. The largest absolute Gasteiger partial charge is 0.473 e. The van der Waals surface area contributed by atoms with E-state index in [0.717, 1.165) is 12.8 Å². The summed E-state index contributed by atoms with van der Waals surface area (Å²) in [5, 5.41) is 2.82. The van der Waals surface area contributed by atoms with E-state index in [4.69, 9.17) is 18.9 Å². The van der Waals surface area contributed by atoms with Crippen LogP contribution in [0.5, 0.6) is 5.75 Å².